The van der Waals surface area contributed by atoms with Gasteiger partial charge in [-0.15, -0.1) is 0 Å². The highest BCUT2D eigenvalue weighted by Gasteiger charge is 2.19. The topological polar surface area (TPSA) is 140 Å². The Morgan fingerprint density at radius 1 is 1.13 bits per heavy atom. The quantitative estimate of drug-likeness (QED) is 0.515. The maximum Gasteiger partial charge on any atom is 0.380 e. The molecule has 0 aliphatic carbocycles. The summed E-state index contributed by atoms with van der Waals surface area (Å²) in [7, 11) is -2.52. The minimum Gasteiger partial charge on any atom is -0.370 e. The highest BCUT2D eigenvalue weighted by atomic mass is 32.2. The maximum atomic E-state index is 11.4. The Labute approximate surface area is 172 Å². The van der Waals surface area contributed by atoms with Crippen LogP contribution >= 0.6 is 0 Å². The molecule has 0 spiro atoms. The summed E-state index contributed by atoms with van der Waals surface area (Å²) < 4.78 is 29.5. The van der Waals surface area contributed by atoms with E-state index in [0.29, 0.717) is 0 Å². The van der Waals surface area contributed by atoms with Crippen molar-refractivity contribution in [3.63, 3.8) is 0 Å². The molecule has 0 bridgehead atoms. The van der Waals surface area contributed by atoms with Crippen molar-refractivity contribution in [3.8, 4) is 23.1 Å². The number of fused-ring (bicyclic) bond motifs is 1. The summed E-state index contributed by atoms with van der Waals surface area (Å²) >= 11 is 0. The van der Waals surface area contributed by atoms with E-state index in [9.17, 15) is 13.7 Å². The van der Waals surface area contributed by atoms with Gasteiger partial charge in [0.25, 0.3) is 0 Å². The molecule has 0 unspecified atom stereocenters. The second kappa shape index (κ2) is 7.43. The summed E-state index contributed by atoms with van der Waals surface area (Å²) in [6.45, 7) is 0. The van der Waals surface area contributed by atoms with Crippen molar-refractivity contribution in [3.05, 3.63) is 66.6 Å². The molecule has 0 aliphatic rings. The van der Waals surface area contributed by atoms with Gasteiger partial charge in [0.2, 0.25) is 5.95 Å². The first-order valence-electron chi connectivity index (χ1n) is 8.62. The highest BCUT2D eigenvalue weighted by Crippen LogP contribution is 2.32. The van der Waals surface area contributed by atoms with Crippen LogP contribution in [0.25, 0.3) is 22.3 Å². The van der Waals surface area contributed by atoms with Gasteiger partial charge >= 0.3 is 10.3 Å². The van der Waals surface area contributed by atoms with Gasteiger partial charge in [-0.25, -0.2) is 24.6 Å². The van der Waals surface area contributed by atoms with Crippen molar-refractivity contribution in [2.45, 2.75) is 0 Å². The summed E-state index contributed by atoms with van der Waals surface area (Å²) in [5.74, 6) is 0.217. The normalized spacial score (nSPS) is 11.2. The average Bonchev–Trinajstić information content (AvgIpc) is 3.16. The van der Waals surface area contributed by atoms with E-state index in [0.717, 1.165) is 11.0 Å². The van der Waals surface area contributed by atoms with Crippen LogP contribution in [0.15, 0.2) is 61.1 Å². The van der Waals surface area contributed by atoms with Gasteiger partial charge in [-0.2, -0.15) is 18.8 Å². The lowest BCUT2D eigenvalue weighted by Gasteiger charge is -2.20. The number of hydrogen-bond donors (Lipinski definition) is 1. The van der Waals surface area contributed by atoms with Crippen LogP contribution in [0, 0.1) is 11.3 Å². The molecule has 0 saturated heterocycles. The number of imidazole rings is 1. The Hall–Kier alpha value is -4.01. The predicted molar refractivity (Wildman–Crippen MR) is 109 cm³/mol. The monoisotopic (exact) mass is 421 g/mol. The van der Waals surface area contributed by atoms with E-state index in [4.69, 9.17) is 9.32 Å². The summed E-state index contributed by atoms with van der Waals surface area (Å²) in [4.78, 5) is 13.1. The van der Waals surface area contributed by atoms with Crippen molar-refractivity contribution in [2.75, 3.05) is 12.1 Å². The van der Waals surface area contributed by atoms with E-state index >= 15 is 0 Å². The Morgan fingerprint density at radius 2 is 1.87 bits per heavy atom. The number of nitriles is 1. The molecular weight excluding hydrogens is 406 g/mol. The number of anilines is 1. The number of rotatable bonds is 5. The van der Waals surface area contributed by atoms with Gasteiger partial charge in [0.1, 0.15) is 12.4 Å². The van der Waals surface area contributed by atoms with E-state index in [2.05, 4.69) is 15.0 Å². The first-order valence-corrected chi connectivity index (χ1v) is 10.1. The Kier molecular flexibility index (Phi) is 4.78. The molecule has 2 heterocycles. The highest BCUT2D eigenvalue weighted by molar-refractivity contribution is 7.84. The second-order valence-corrected chi connectivity index (χ2v) is 7.37. The zero-order valence-electron chi connectivity index (χ0n) is 15.7. The Balaban J connectivity index is 1.84. The molecular formula is C19H15N7O3S. The molecule has 0 fully saturated rings. The van der Waals surface area contributed by atoms with Crippen LogP contribution in [0.4, 0.5) is 5.95 Å². The standard InChI is InChI=1S/C19H15N7O3S/c1-25(26-12-23-15-7-3-4-8-16(15)26)19-22-11-13(10-20)18(24-19)14-6-2-5-9-17(14)29-30(21,27)28/h2-9,11-12H,1H3,(H2,21,27,28). The van der Waals surface area contributed by atoms with Crippen LogP contribution in [0.3, 0.4) is 0 Å². The molecule has 4 rings (SSSR count). The fourth-order valence-corrected chi connectivity index (χ4v) is 3.35. The summed E-state index contributed by atoms with van der Waals surface area (Å²) in [6.07, 6.45) is 2.99. The van der Waals surface area contributed by atoms with Crippen LogP contribution in [0.2, 0.25) is 0 Å². The first-order chi connectivity index (χ1) is 14.4. The van der Waals surface area contributed by atoms with Gasteiger partial charge in [0.15, 0.2) is 5.75 Å². The van der Waals surface area contributed by atoms with Gasteiger partial charge in [0, 0.05) is 12.6 Å². The lowest BCUT2D eigenvalue weighted by molar-refractivity contribution is 0.488. The fourth-order valence-electron chi connectivity index (χ4n) is 2.96. The number of para-hydroxylation sites is 3. The number of nitrogens with two attached hydrogens (primary N) is 1. The molecule has 0 amide bonds. The molecule has 10 nitrogen and oxygen atoms in total. The minimum atomic E-state index is -4.26. The van der Waals surface area contributed by atoms with Gasteiger partial charge in [-0.05, 0) is 24.3 Å². The SMILES string of the molecule is CN(c1ncc(C#N)c(-c2ccccc2OS(N)(=O)=O)n1)n1cnc2ccccc21. The third-order valence-electron chi connectivity index (χ3n) is 4.29. The summed E-state index contributed by atoms with van der Waals surface area (Å²) in [6, 6.07) is 15.8. The van der Waals surface area contributed by atoms with Gasteiger partial charge in [0.05, 0.1) is 28.5 Å². The van der Waals surface area contributed by atoms with E-state index in [1.54, 1.807) is 41.3 Å². The van der Waals surface area contributed by atoms with Crippen LogP contribution in [0.1, 0.15) is 5.56 Å². The molecule has 2 N–H and O–H groups in total. The van der Waals surface area contributed by atoms with Gasteiger partial charge < -0.3 is 4.18 Å². The van der Waals surface area contributed by atoms with E-state index in [1.807, 2.05) is 30.3 Å². The van der Waals surface area contributed by atoms with Crippen LogP contribution < -0.4 is 14.3 Å². The zero-order chi connectivity index (χ0) is 21.3. The number of hydrogen-bond acceptors (Lipinski definition) is 8. The van der Waals surface area contributed by atoms with Crippen molar-refractivity contribution in [2.24, 2.45) is 5.14 Å². The number of benzene rings is 2. The molecule has 150 valence electrons. The largest absolute Gasteiger partial charge is 0.380 e. The first kappa shape index (κ1) is 19.3. The fraction of sp³-hybridized carbons (Fsp3) is 0.0526. The number of aromatic nitrogens is 4. The molecule has 2 aromatic heterocycles. The van der Waals surface area contributed by atoms with Crippen molar-refractivity contribution >= 4 is 27.3 Å². The van der Waals surface area contributed by atoms with Crippen molar-refractivity contribution < 1.29 is 12.6 Å². The molecule has 4 aromatic rings. The lowest BCUT2D eigenvalue weighted by Crippen LogP contribution is -2.26. The van der Waals surface area contributed by atoms with Gasteiger partial charge in [-0.3, -0.25) is 0 Å². The van der Waals surface area contributed by atoms with Gasteiger partial charge in [-0.1, -0.05) is 24.3 Å². The summed E-state index contributed by atoms with van der Waals surface area (Å²) in [5, 5.41) is 16.2. The second-order valence-electron chi connectivity index (χ2n) is 6.22. The third-order valence-corrected chi connectivity index (χ3v) is 4.70. The molecule has 11 heteroatoms. The Morgan fingerprint density at radius 3 is 2.63 bits per heavy atom. The minimum absolute atomic E-state index is 0.0446. The van der Waals surface area contributed by atoms with Crippen LogP contribution in [0.5, 0.6) is 5.75 Å². The number of nitrogens with zero attached hydrogens (tertiary/aromatic N) is 6. The molecule has 0 aliphatic heterocycles. The molecule has 0 saturated carbocycles. The molecule has 0 atom stereocenters. The summed E-state index contributed by atoms with van der Waals surface area (Å²) in [5.41, 5.74) is 2.28. The average molecular weight is 421 g/mol. The van der Waals surface area contributed by atoms with Crippen LogP contribution in [-0.2, 0) is 10.3 Å². The zero-order valence-corrected chi connectivity index (χ0v) is 16.5. The Bertz CT molecular complexity index is 1390. The van der Waals surface area contributed by atoms with E-state index in [-0.39, 0.29) is 28.5 Å². The smallest absolute Gasteiger partial charge is 0.370 e. The van der Waals surface area contributed by atoms with Crippen molar-refractivity contribution in [1.29, 1.82) is 5.26 Å². The van der Waals surface area contributed by atoms with E-state index in [1.165, 1.54) is 12.3 Å². The van der Waals surface area contributed by atoms with Crippen LogP contribution in [-0.4, -0.2) is 35.1 Å². The third kappa shape index (κ3) is 3.64. The molecule has 0 radical (unpaired) electrons. The maximum absolute atomic E-state index is 11.4. The lowest BCUT2D eigenvalue weighted by atomic mass is 10.1. The van der Waals surface area contributed by atoms with E-state index < -0.39 is 10.3 Å². The van der Waals surface area contributed by atoms with Crippen molar-refractivity contribution in [1.82, 2.24) is 19.6 Å². The molecule has 2 aromatic carbocycles. The predicted octanol–water partition coefficient (Wildman–Crippen LogP) is 1.85. The molecule has 30 heavy (non-hydrogen) atoms.